The van der Waals surface area contributed by atoms with Crippen LogP contribution < -0.4 is 4.74 Å². The van der Waals surface area contributed by atoms with E-state index >= 15 is 0 Å². The van der Waals surface area contributed by atoms with Crippen LogP contribution in [0.4, 0.5) is 4.39 Å². The number of aryl methyl sites for hydroxylation is 1. The smallest absolute Gasteiger partial charge is 0.194 e. The highest BCUT2D eigenvalue weighted by Crippen LogP contribution is 2.26. The maximum absolute atomic E-state index is 13.1. The summed E-state index contributed by atoms with van der Waals surface area (Å²) in [5.41, 5.74) is 2.52. The first-order valence-electron chi connectivity index (χ1n) is 9.69. The van der Waals surface area contributed by atoms with Crippen LogP contribution in [0.2, 0.25) is 0 Å². The van der Waals surface area contributed by atoms with Crippen molar-refractivity contribution in [3.05, 3.63) is 65.4 Å². The Balaban J connectivity index is 1.45. The van der Waals surface area contributed by atoms with E-state index < -0.39 is 0 Å². The quantitative estimate of drug-likeness (QED) is 0.618. The third-order valence-corrected chi connectivity index (χ3v) is 5.31. The lowest BCUT2D eigenvalue weighted by molar-refractivity contribution is 0.0668. The summed E-state index contributed by atoms with van der Waals surface area (Å²) in [6.07, 6.45) is 1.65. The number of phenols is 1. The van der Waals surface area contributed by atoms with Crippen molar-refractivity contribution in [2.24, 2.45) is 5.92 Å². The third-order valence-electron chi connectivity index (χ3n) is 5.31. The van der Waals surface area contributed by atoms with E-state index in [1.165, 1.54) is 0 Å². The Hall–Kier alpha value is -2.99. The van der Waals surface area contributed by atoms with Gasteiger partial charge in [-0.05, 0) is 48.9 Å². The van der Waals surface area contributed by atoms with Gasteiger partial charge in [-0.1, -0.05) is 0 Å². The van der Waals surface area contributed by atoms with E-state index in [0.717, 1.165) is 25.2 Å². The fraction of sp³-hybridized carbons (Fsp3) is 0.304. The third kappa shape index (κ3) is 4.07. The first-order valence-corrected chi connectivity index (χ1v) is 9.69. The van der Waals surface area contributed by atoms with Crippen molar-refractivity contribution < 1.29 is 19.0 Å². The van der Waals surface area contributed by atoms with Gasteiger partial charge in [-0.3, -0.25) is 19.1 Å². The Morgan fingerprint density at radius 2 is 2.00 bits per heavy atom. The van der Waals surface area contributed by atoms with Crippen LogP contribution in [0.5, 0.6) is 11.5 Å². The van der Waals surface area contributed by atoms with E-state index in [0.29, 0.717) is 34.4 Å². The number of likely N-dealkylation sites (tertiary alicyclic amines) is 1. The molecule has 5 nitrogen and oxygen atoms in total. The van der Waals surface area contributed by atoms with Crippen LogP contribution >= 0.6 is 0 Å². The number of hydrogen-bond acceptors (Lipinski definition) is 5. The van der Waals surface area contributed by atoms with Gasteiger partial charge in [0, 0.05) is 54.3 Å². The van der Waals surface area contributed by atoms with Crippen LogP contribution in [-0.2, 0) is 0 Å². The lowest BCUT2D eigenvalue weighted by atomic mass is 9.96. The predicted octanol–water partition coefficient (Wildman–Crippen LogP) is 3.76. The summed E-state index contributed by atoms with van der Waals surface area (Å²) in [5.74, 6) is 0.902. The molecule has 0 amide bonds. The first kappa shape index (κ1) is 19.3. The Morgan fingerprint density at radius 1 is 1.24 bits per heavy atom. The number of nitrogens with zero attached hydrogens (tertiary/aromatic N) is 2. The van der Waals surface area contributed by atoms with Crippen molar-refractivity contribution >= 4 is 16.7 Å². The summed E-state index contributed by atoms with van der Waals surface area (Å²) in [5, 5.41) is 10.4. The molecule has 2 heterocycles. The molecule has 4 rings (SSSR count). The molecule has 2 aromatic carbocycles. The first-order chi connectivity index (χ1) is 14.0. The molecule has 150 valence electrons. The van der Waals surface area contributed by atoms with Crippen LogP contribution in [0.25, 0.3) is 10.9 Å². The molecule has 1 fully saturated rings. The lowest BCUT2D eigenvalue weighted by Crippen LogP contribution is -2.49. The van der Waals surface area contributed by atoms with Gasteiger partial charge in [0.1, 0.15) is 18.1 Å². The van der Waals surface area contributed by atoms with Gasteiger partial charge >= 0.3 is 0 Å². The second kappa shape index (κ2) is 8.17. The number of benzene rings is 2. The molecule has 6 heteroatoms. The minimum Gasteiger partial charge on any atom is -0.508 e. The predicted molar refractivity (Wildman–Crippen MR) is 109 cm³/mol. The van der Waals surface area contributed by atoms with Crippen molar-refractivity contribution in [1.29, 1.82) is 0 Å². The summed E-state index contributed by atoms with van der Waals surface area (Å²) >= 11 is 0. The van der Waals surface area contributed by atoms with Gasteiger partial charge in [0.15, 0.2) is 5.78 Å². The average Bonchev–Trinajstić information content (AvgIpc) is 2.70. The number of pyridine rings is 1. The number of halogens is 1. The largest absolute Gasteiger partial charge is 0.508 e. The standard InChI is InChI=1S/C23H23FN2O3/c1-15-12-25-21-10-18(27)4-7-20(21)22(15)23(28)17-2-5-19(6-3-17)29-9-8-26-13-16(11-24)14-26/h2-7,10,12,16,27H,8-9,11,13-14H2,1H3. The zero-order valence-electron chi connectivity index (χ0n) is 16.3. The Morgan fingerprint density at radius 3 is 2.72 bits per heavy atom. The van der Waals surface area contributed by atoms with Crippen LogP contribution in [0.1, 0.15) is 21.5 Å². The second-order valence-electron chi connectivity index (χ2n) is 7.50. The van der Waals surface area contributed by atoms with Gasteiger partial charge < -0.3 is 9.84 Å². The number of aromatic hydroxyl groups is 1. The number of ketones is 1. The molecule has 0 unspecified atom stereocenters. The van der Waals surface area contributed by atoms with Crippen LogP contribution in [0.15, 0.2) is 48.7 Å². The highest BCUT2D eigenvalue weighted by atomic mass is 19.1. The number of hydrogen-bond donors (Lipinski definition) is 1. The molecule has 0 saturated carbocycles. The zero-order chi connectivity index (χ0) is 20.4. The molecule has 1 saturated heterocycles. The Kier molecular flexibility index (Phi) is 5.45. The van der Waals surface area contributed by atoms with Gasteiger partial charge in [-0.2, -0.15) is 0 Å². The molecule has 0 spiro atoms. The van der Waals surface area contributed by atoms with Crippen molar-refractivity contribution in [1.82, 2.24) is 9.88 Å². The van der Waals surface area contributed by atoms with Crippen molar-refractivity contribution in [3.8, 4) is 11.5 Å². The van der Waals surface area contributed by atoms with E-state index in [1.54, 1.807) is 48.7 Å². The van der Waals surface area contributed by atoms with E-state index in [2.05, 4.69) is 9.88 Å². The maximum Gasteiger partial charge on any atom is 0.194 e. The van der Waals surface area contributed by atoms with E-state index in [4.69, 9.17) is 4.74 Å². The molecule has 1 aliphatic rings. The molecule has 1 aliphatic heterocycles. The number of phenolic OH excluding ortho intramolecular Hbond substituents is 1. The topological polar surface area (TPSA) is 62.7 Å². The van der Waals surface area contributed by atoms with Gasteiger partial charge in [0.2, 0.25) is 0 Å². The highest BCUT2D eigenvalue weighted by molar-refractivity contribution is 6.16. The molecular weight excluding hydrogens is 371 g/mol. The molecular formula is C23H23FN2O3. The maximum atomic E-state index is 13.1. The molecule has 1 N–H and O–H groups in total. The molecule has 0 atom stereocenters. The summed E-state index contributed by atoms with van der Waals surface area (Å²) in [7, 11) is 0. The number of ether oxygens (including phenoxy) is 1. The van der Waals surface area contributed by atoms with Crippen molar-refractivity contribution in [3.63, 3.8) is 0 Å². The Bertz CT molecular complexity index is 1030. The van der Waals surface area contributed by atoms with Gasteiger partial charge in [0.05, 0.1) is 12.2 Å². The van der Waals surface area contributed by atoms with Gasteiger partial charge in [-0.25, -0.2) is 0 Å². The van der Waals surface area contributed by atoms with E-state index in [1.807, 2.05) is 6.92 Å². The SMILES string of the molecule is Cc1cnc2cc(O)ccc2c1C(=O)c1ccc(OCCN2CC(CF)C2)cc1. The summed E-state index contributed by atoms with van der Waals surface area (Å²) < 4.78 is 18.2. The summed E-state index contributed by atoms with van der Waals surface area (Å²) in [6.45, 7) is 4.50. The summed E-state index contributed by atoms with van der Waals surface area (Å²) in [4.78, 5) is 19.6. The van der Waals surface area contributed by atoms with Crippen LogP contribution in [0, 0.1) is 12.8 Å². The molecule has 0 radical (unpaired) electrons. The number of aromatic nitrogens is 1. The number of carbonyl (C=O) groups is 1. The minimum absolute atomic E-state index is 0.0926. The van der Waals surface area contributed by atoms with E-state index in [9.17, 15) is 14.3 Å². The number of carbonyl (C=O) groups excluding carboxylic acids is 1. The van der Waals surface area contributed by atoms with Crippen molar-refractivity contribution in [2.75, 3.05) is 32.9 Å². The number of fused-ring (bicyclic) bond motifs is 1. The highest BCUT2D eigenvalue weighted by Gasteiger charge is 2.25. The van der Waals surface area contributed by atoms with Crippen LogP contribution in [-0.4, -0.2) is 53.7 Å². The fourth-order valence-corrected chi connectivity index (χ4v) is 3.68. The summed E-state index contributed by atoms with van der Waals surface area (Å²) in [6, 6.07) is 11.9. The lowest BCUT2D eigenvalue weighted by Gasteiger charge is -2.37. The number of alkyl halides is 1. The molecule has 0 aliphatic carbocycles. The molecule has 3 aromatic rings. The monoisotopic (exact) mass is 394 g/mol. The van der Waals surface area contributed by atoms with Gasteiger partial charge in [0.25, 0.3) is 0 Å². The average molecular weight is 394 g/mol. The van der Waals surface area contributed by atoms with Crippen LogP contribution in [0.3, 0.4) is 0 Å². The second-order valence-corrected chi connectivity index (χ2v) is 7.50. The number of rotatable bonds is 7. The Labute approximate surface area is 168 Å². The molecule has 0 bridgehead atoms. The molecule has 29 heavy (non-hydrogen) atoms. The minimum atomic E-state index is -0.250. The zero-order valence-corrected chi connectivity index (χ0v) is 16.3. The van der Waals surface area contributed by atoms with Gasteiger partial charge in [-0.15, -0.1) is 0 Å². The normalized spacial score (nSPS) is 14.7. The molecule has 1 aromatic heterocycles. The van der Waals surface area contributed by atoms with E-state index in [-0.39, 0.29) is 24.1 Å². The van der Waals surface area contributed by atoms with Crippen molar-refractivity contribution in [2.45, 2.75) is 6.92 Å². The fourth-order valence-electron chi connectivity index (χ4n) is 3.68.